The van der Waals surface area contributed by atoms with Gasteiger partial charge >= 0.3 is 0 Å². The minimum Gasteiger partial charge on any atom is -0.300 e. The Morgan fingerprint density at radius 3 is 2.49 bits per heavy atom. The van der Waals surface area contributed by atoms with Crippen LogP contribution in [0.15, 0.2) is 131 Å². The van der Waals surface area contributed by atoms with Gasteiger partial charge < -0.3 is 0 Å². The second-order valence-electron chi connectivity index (χ2n) is 13.2. The van der Waals surface area contributed by atoms with Gasteiger partial charge in [0, 0.05) is 22.6 Å². The zero-order valence-electron chi connectivity index (χ0n) is 25.2. The van der Waals surface area contributed by atoms with Gasteiger partial charge in [0.2, 0.25) is 0 Å². The molecule has 1 saturated carbocycles. The number of nitrogens with one attached hydrogen (secondary N) is 2. The van der Waals surface area contributed by atoms with Crippen molar-refractivity contribution in [2.45, 2.75) is 57.8 Å². The minimum absolute atomic E-state index is 0.0266. The molecule has 0 radical (unpaired) electrons. The Labute approximate surface area is 255 Å². The van der Waals surface area contributed by atoms with Gasteiger partial charge in [-0.15, -0.1) is 0 Å². The van der Waals surface area contributed by atoms with Gasteiger partial charge in [0.1, 0.15) is 0 Å². The molecule has 0 aliphatic heterocycles. The maximum atomic E-state index is 9.43. The molecule has 0 bridgehead atoms. The molecule has 2 atom stereocenters. The fourth-order valence-electron chi connectivity index (χ4n) is 7.87. The normalized spacial score (nSPS) is 22.6. The summed E-state index contributed by atoms with van der Waals surface area (Å²) in [5.41, 5.74) is 18.6. The predicted octanol–water partition coefficient (Wildman–Crippen LogP) is 9.87. The molecule has 214 valence electrons. The Kier molecular flexibility index (Phi) is 6.18. The molecule has 0 spiro atoms. The van der Waals surface area contributed by atoms with Crippen LogP contribution in [0.3, 0.4) is 0 Å². The third-order valence-corrected chi connectivity index (χ3v) is 10.3. The van der Waals surface area contributed by atoms with Crippen LogP contribution in [0.1, 0.15) is 63.5 Å². The highest BCUT2D eigenvalue weighted by Crippen LogP contribution is 2.52. The lowest BCUT2D eigenvalue weighted by atomic mass is 9.82. The van der Waals surface area contributed by atoms with E-state index in [1.54, 1.807) is 5.57 Å². The van der Waals surface area contributed by atoms with E-state index >= 15 is 0 Å². The topological polar surface area (TPSA) is 39.1 Å². The summed E-state index contributed by atoms with van der Waals surface area (Å²) in [6.07, 6.45) is 17.8. The number of hydrazine groups is 1. The molecular weight excluding hydrogens is 522 g/mol. The van der Waals surface area contributed by atoms with Crippen molar-refractivity contribution in [1.29, 1.82) is 5.41 Å². The summed E-state index contributed by atoms with van der Waals surface area (Å²) in [7, 11) is 0. The van der Waals surface area contributed by atoms with Gasteiger partial charge in [0.25, 0.3) is 0 Å². The quantitative estimate of drug-likeness (QED) is 0.232. The molecule has 3 nitrogen and oxygen atoms in total. The van der Waals surface area contributed by atoms with Crippen LogP contribution in [0.4, 0.5) is 11.4 Å². The second kappa shape index (κ2) is 10.1. The highest BCUT2D eigenvalue weighted by atomic mass is 15.5. The number of fused-ring (bicyclic) bond motifs is 6. The van der Waals surface area contributed by atoms with E-state index in [0.29, 0.717) is 17.5 Å². The van der Waals surface area contributed by atoms with Gasteiger partial charge in [-0.25, -0.2) is 0 Å². The van der Waals surface area contributed by atoms with Crippen molar-refractivity contribution in [2.75, 3.05) is 5.01 Å². The number of benzene rings is 3. The van der Waals surface area contributed by atoms with Crippen LogP contribution in [0, 0.1) is 17.2 Å². The van der Waals surface area contributed by atoms with Gasteiger partial charge in [0.05, 0.1) is 17.1 Å². The van der Waals surface area contributed by atoms with Crippen molar-refractivity contribution in [3.63, 3.8) is 0 Å². The van der Waals surface area contributed by atoms with Crippen LogP contribution >= 0.6 is 0 Å². The van der Waals surface area contributed by atoms with E-state index in [1.165, 1.54) is 46.4 Å². The predicted molar refractivity (Wildman–Crippen MR) is 179 cm³/mol. The van der Waals surface area contributed by atoms with Gasteiger partial charge in [-0.1, -0.05) is 92.8 Å². The lowest BCUT2D eigenvalue weighted by molar-refractivity contribution is 0.478. The first-order valence-corrected chi connectivity index (χ1v) is 16.0. The Hall–Kier alpha value is -4.37. The van der Waals surface area contributed by atoms with Crippen LogP contribution < -0.4 is 10.4 Å². The molecule has 1 unspecified atom stereocenters. The molecule has 0 saturated heterocycles. The van der Waals surface area contributed by atoms with E-state index in [4.69, 9.17) is 0 Å². The molecule has 0 amide bonds. The van der Waals surface area contributed by atoms with Crippen molar-refractivity contribution in [3.8, 4) is 11.1 Å². The molecule has 0 heterocycles. The highest BCUT2D eigenvalue weighted by Gasteiger charge is 2.39. The molecule has 2 N–H and O–H groups in total. The molecule has 0 aromatic heterocycles. The smallest absolute Gasteiger partial charge is 0.0661 e. The van der Waals surface area contributed by atoms with Gasteiger partial charge in [0.15, 0.2) is 0 Å². The van der Waals surface area contributed by atoms with Crippen molar-refractivity contribution in [2.24, 2.45) is 11.8 Å². The molecule has 43 heavy (non-hydrogen) atoms. The standard InChI is InChI=1S/C40H39N3/c1-40(2)36-16-10-9-15-32(36)35-25-30(19-22-37(35)40)43(29-13-7-4-8-14-29)42-38-24-28-18-17-27-23-34(27)31(28)20-21-33(38)39(41)26-11-5-3-6-12-26/h4-5,7-16,19-20,22-23,25,27-28,41-42H,3,6,17-18,21,24H2,1-2H3/t27-,28?/m1/s1. The number of hydrogen-bond acceptors (Lipinski definition) is 3. The van der Waals surface area contributed by atoms with E-state index in [1.807, 2.05) is 0 Å². The maximum Gasteiger partial charge on any atom is 0.0661 e. The van der Waals surface area contributed by atoms with E-state index in [0.717, 1.165) is 48.2 Å². The minimum atomic E-state index is -0.0266. The number of allylic oxidation sites excluding steroid dienone is 10. The van der Waals surface area contributed by atoms with E-state index < -0.39 is 0 Å². The Morgan fingerprint density at radius 1 is 0.837 bits per heavy atom. The summed E-state index contributed by atoms with van der Waals surface area (Å²) >= 11 is 0. The van der Waals surface area contributed by atoms with Gasteiger partial charge in [-0.3, -0.25) is 15.8 Å². The van der Waals surface area contributed by atoms with E-state index in [9.17, 15) is 5.41 Å². The van der Waals surface area contributed by atoms with Crippen LogP contribution in [0.25, 0.3) is 11.1 Å². The molecule has 3 aromatic rings. The van der Waals surface area contributed by atoms with Crippen LogP contribution in [-0.4, -0.2) is 5.71 Å². The SMILES string of the molecule is CC1(C)c2ccccc2-c2cc(N(NC3=C(C(=N)C4=CCCC=C4)CC=C4C5=C[C@H]5CCC4C3)c3ccccc3)ccc21. The lowest BCUT2D eigenvalue weighted by Crippen LogP contribution is -2.35. The monoisotopic (exact) mass is 561 g/mol. The van der Waals surface area contributed by atoms with Crippen molar-refractivity contribution in [3.05, 3.63) is 142 Å². The molecule has 5 aliphatic rings. The van der Waals surface area contributed by atoms with Crippen LogP contribution in [-0.2, 0) is 5.41 Å². The largest absolute Gasteiger partial charge is 0.300 e. The first kappa shape index (κ1) is 26.3. The average molecular weight is 562 g/mol. The molecule has 3 heteroatoms. The number of para-hydroxylation sites is 1. The van der Waals surface area contributed by atoms with Gasteiger partial charge in [-0.2, -0.15) is 0 Å². The van der Waals surface area contributed by atoms with Crippen LogP contribution in [0.2, 0.25) is 0 Å². The number of anilines is 2. The highest BCUT2D eigenvalue weighted by molar-refractivity contribution is 6.12. The molecule has 3 aromatic carbocycles. The fourth-order valence-corrected chi connectivity index (χ4v) is 7.87. The Morgan fingerprint density at radius 2 is 1.65 bits per heavy atom. The summed E-state index contributed by atoms with van der Waals surface area (Å²) < 4.78 is 0. The maximum absolute atomic E-state index is 9.43. The van der Waals surface area contributed by atoms with Crippen LogP contribution in [0.5, 0.6) is 0 Å². The molecule has 5 aliphatic carbocycles. The van der Waals surface area contributed by atoms with Crippen molar-refractivity contribution in [1.82, 2.24) is 5.43 Å². The van der Waals surface area contributed by atoms with Gasteiger partial charge in [-0.05, 0) is 108 Å². The fraction of sp³-hybridized carbons (Fsp3) is 0.275. The summed E-state index contributed by atoms with van der Waals surface area (Å²) in [5, 5.41) is 11.7. The second-order valence-corrected chi connectivity index (χ2v) is 13.2. The van der Waals surface area contributed by atoms with E-state index in [2.05, 4.69) is 127 Å². The average Bonchev–Trinajstić information content (AvgIpc) is 3.83. The summed E-state index contributed by atoms with van der Waals surface area (Å²) in [4.78, 5) is 0. The van der Waals surface area contributed by atoms with Crippen molar-refractivity contribution >= 4 is 17.1 Å². The Balaban J connectivity index is 1.23. The van der Waals surface area contributed by atoms with Crippen molar-refractivity contribution < 1.29 is 0 Å². The number of nitrogens with zero attached hydrogens (tertiary/aromatic N) is 1. The zero-order valence-corrected chi connectivity index (χ0v) is 25.2. The first-order chi connectivity index (χ1) is 21.0. The summed E-state index contributed by atoms with van der Waals surface area (Å²) in [5.74, 6) is 1.20. The summed E-state index contributed by atoms with van der Waals surface area (Å²) in [6, 6.07) is 26.5. The first-order valence-electron chi connectivity index (χ1n) is 16.0. The molecule has 1 fully saturated rings. The number of rotatable bonds is 6. The Bertz CT molecular complexity index is 1800. The third kappa shape index (κ3) is 4.45. The third-order valence-electron chi connectivity index (χ3n) is 10.3. The zero-order chi connectivity index (χ0) is 29.1. The van der Waals surface area contributed by atoms with E-state index in [-0.39, 0.29) is 5.41 Å². The molecular formula is C40H39N3. The number of hydrogen-bond donors (Lipinski definition) is 2. The summed E-state index contributed by atoms with van der Waals surface area (Å²) in [6.45, 7) is 4.67. The lowest BCUT2D eigenvalue weighted by Gasteiger charge is -2.32. The molecule has 8 rings (SSSR count).